The predicted octanol–water partition coefficient (Wildman–Crippen LogP) is 2.94. The van der Waals surface area contributed by atoms with Crippen LogP contribution in [0.15, 0.2) is 36.8 Å². The second kappa shape index (κ2) is 6.88. The lowest BCUT2D eigenvalue weighted by molar-refractivity contribution is 0.201. The van der Waals surface area contributed by atoms with Gasteiger partial charge >= 0.3 is 0 Å². The largest absolute Gasteiger partial charge is 0.474 e. The summed E-state index contributed by atoms with van der Waals surface area (Å²) in [4.78, 5) is 17.0. The molecule has 3 heterocycles. The van der Waals surface area contributed by atoms with Gasteiger partial charge in [0.1, 0.15) is 24.1 Å². The average Bonchev–Trinajstić information content (AvgIpc) is 3.13. The molecule has 0 spiro atoms. The molecule has 0 bridgehead atoms. The first kappa shape index (κ1) is 15.6. The number of nitrogen functional groups attached to an aromatic ring is 1. The first-order valence-electron chi connectivity index (χ1n) is 8.50. The smallest absolute Gasteiger partial charge is 0.213 e. The van der Waals surface area contributed by atoms with Crippen LogP contribution >= 0.6 is 0 Å². The Labute approximate surface area is 145 Å². The number of nitrogens with zero attached hydrogens (tertiary/aromatic N) is 4. The van der Waals surface area contributed by atoms with E-state index in [9.17, 15) is 0 Å². The van der Waals surface area contributed by atoms with Gasteiger partial charge in [0.15, 0.2) is 5.65 Å². The summed E-state index contributed by atoms with van der Waals surface area (Å²) in [6, 6.07) is 7.57. The fraction of sp³-hybridized carbons (Fsp3) is 0.333. The molecule has 0 atom stereocenters. The molecule has 0 saturated heterocycles. The van der Waals surface area contributed by atoms with Crippen molar-refractivity contribution in [2.75, 3.05) is 11.1 Å². The van der Waals surface area contributed by atoms with Crippen molar-refractivity contribution in [2.45, 2.75) is 38.3 Å². The molecule has 3 N–H and O–H groups in total. The third-order valence-corrected chi connectivity index (χ3v) is 4.37. The molecular weight excluding hydrogens is 316 g/mol. The Hall–Kier alpha value is -2.96. The van der Waals surface area contributed by atoms with E-state index in [1.807, 2.05) is 18.2 Å². The average molecular weight is 336 g/mol. The zero-order valence-electron chi connectivity index (χ0n) is 13.9. The van der Waals surface area contributed by atoms with Crippen molar-refractivity contribution in [3.63, 3.8) is 0 Å². The van der Waals surface area contributed by atoms with Crippen LogP contribution in [0.25, 0.3) is 11.0 Å². The van der Waals surface area contributed by atoms with E-state index in [4.69, 9.17) is 10.5 Å². The Morgan fingerprint density at radius 3 is 2.88 bits per heavy atom. The van der Waals surface area contributed by atoms with Gasteiger partial charge in [-0.2, -0.15) is 0 Å². The van der Waals surface area contributed by atoms with Crippen LogP contribution < -0.4 is 15.8 Å². The molecule has 1 saturated carbocycles. The van der Waals surface area contributed by atoms with Gasteiger partial charge in [0.25, 0.3) is 0 Å². The second-order valence-corrected chi connectivity index (χ2v) is 6.21. The minimum absolute atomic E-state index is 0.304. The molecule has 0 unspecified atom stereocenters. The minimum Gasteiger partial charge on any atom is -0.474 e. The van der Waals surface area contributed by atoms with Gasteiger partial charge in [0.05, 0.1) is 5.39 Å². The summed E-state index contributed by atoms with van der Waals surface area (Å²) in [5.41, 5.74) is 7.37. The molecule has 0 aliphatic heterocycles. The fourth-order valence-corrected chi connectivity index (χ4v) is 3.09. The van der Waals surface area contributed by atoms with Crippen LogP contribution in [-0.4, -0.2) is 26.0 Å². The Bertz CT molecular complexity index is 878. The molecule has 1 aliphatic rings. The normalized spacial score (nSPS) is 14.7. The summed E-state index contributed by atoms with van der Waals surface area (Å²) in [6.07, 6.45) is 8.29. The zero-order chi connectivity index (χ0) is 17.1. The van der Waals surface area contributed by atoms with Gasteiger partial charge in [0, 0.05) is 18.8 Å². The van der Waals surface area contributed by atoms with Crippen LogP contribution in [0.1, 0.15) is 31.2 Å². The number of nitrogens with two attached hydrogens (primary N) is 1. The molecule has 3 aromatic rings. The van der Waals surface area contributed by atoms with Crippen molar-refractivity contribution >= 4 is 22.7 Å². The standard InChI is InChI=1S/C18H20N6O/c19-15-6-5-14-17(22-11-23-18(14)24-15)21-10-12-7-8-20-16(9-12)25-13-3-1-2-4-13/h5-9,11,13H,1-4,10H2,(H3,19,21,22,23,24). The van der Waals surface area contributed by atoms with Gasteiger partial charge in [-0.15, -0.1) is 0 Å². The number of aromatic nitrogens is 4. The summed E-state index contributed by atoms with van der Waals surface area (Å²) in [5, 5.41) is 4.17. The van der Waals surface area contributed by atoms with Gasteiger partial charge in [-0.1, -0.05) is 0 Å². The van der Waals surface area contributed by atoms with Gasteiger partial charge in [0.2, 0.25) is 5.88 Å². The maximum atomic E-state index is 5.96. The molecule has 128 valence electrons. The molecule has 1 fully saturated rings. The van der Waals surface area contributed by atoms with E-state index in [0.29, 0.717) is 30.0 Å². The summed E-state index contributed by atoms with van der Waals surface area (Å²) in [7, 11) is 0. The van der Waals surface area contributed by atoms with E-state index in [1.165, 1.54) is 19.2 Å². The number of anilines is 2. The molecule has 7 nitrogen and oxygen atoms in total. The lowest BCUT2D eigenvalue weighted by atomic mass is 10.2. The highest BCUT2D eigenvalue weighted by Gasteiger charge is 2.17. The van der Waals surface area contributed by atoms with Gasteiger partial charge in [-0.3, -0.25) is 0 Å². The highest BCUT2D eigenvalue weighted by Crippen LogP contribution is 2.24. The third-order valence-electron chi connectivity index (χ3n) is 4.37. The van der Waals surface area contributed by atoms with Crippen LogP contribution in [0.3, 0.4) is 0 Å². The minimum atomic E-state index is 0.304. The monoisotopic (exact) mass is 336 g/mol. The topological polar surface area (TPSA) is 98.8 Å². The summed E-state index contributed by atoms with van der Waals surface area (Å²) < 4.78 is 5.96. The molecule has 0 amide bonds. The lowest BCUT2D eigenvalue weighted by Crippen LogP contribution is -2.12. The van der Waals surface area contributed by atoms with E-state index in [0.717, 1.165) is 29.6 Å². The maximum Gasteiger partial charge on any atom is 0.213 e. The predicted molar refractivity (Wildman–Crippen MR) is 96.2 cm³/mol. The molecule has 25 heavy (non-hydrogen) atoms. The van der Waals surface area contributed by atoms with E-state index in [2.05, 4.69) is 25.3 Å². The van der Waals surface area contributed by atoms with Crippen molar-refractivity contribution < 1.29 is 4.74 Å². The lowest BCUT2D eigenvalue weighted by Gasteiger charge is -2.13. The Kier molecular flexibility index (Phi) is 4.28. The maximum absolute atomic E-state index is 5.96. The number of pyridine rings is 2. The number of hydrogen-bond acceptors (Lipinski definition) is 7. The van der Waals surface area contributed by atoms with Crippen LogP contribution in [0, 0.1) is 0 Å². The van der Waals surface area contributed by atoms with Gasteiger partial charge in [-0.25, -0.2) is 19.9 Å². The molecule has 0 aromatic carbocycles. The van der Waals surface area contributed by atoms with Crippen molar-refractivity contribution in [1.29, 1.82) is 0 Å². The van der Waals surface area contributed by atoms with Gasteiger partial charge < -0.3 is 15.8 Å². The van der Waals surface area contributed by atoms with Crippen molar-refractivity contribution in [2.24, 2.45) is 0 Å². The molecule has 0 radical (unpaired) electrons. The highest BCUT2D eigenvalue weighted by molar-refractivity contribution is 5.86. The second-order valence-electron chi connectivity index (χ2n) is 6.21. The van der Waals surface area contributed by atoms with E-state index < -0.39 is 0 Å². The Balaban J connectivity index is 1.48. The molecule has 1 aliphatic carbocycles. The van der Waals surface area contributed by atoms with Crippen LogP contribution in [0.4, 0.5) is 11.6 Å². The molecular formula is C18H20N6O. The highest BCUT2D eigenvalue weighted by atomic mass is 16.5. The first-order chi connectivity index (χ1) is 12.3. The number of rotatable bonds is 5. The SMILES string of the molecule is Nc1ccc2c(NCc3ccnc(OC4CCCC4)c3)ncnc2n1. The third kappa shape index (κ3) is 3.60. The number of nitrogens with one attached hydrogen (secondary N) is 1. The first-order valence-corrected chi connectivity index (χ1v) is 8.50. The summed E-state index contributed by atoms with van der Waals surface area (Å²) in [5.74, 6) is 1.86. The molecule has 4 rings (SSSR count). The Morgan fingerprint density at radius 1 is 1.12 bits per heavy atom. The number of fused-ring (bicyclic) bond motifs is 1. The quantitative estimate of drug-likeness (QED) is 0.739. The number of hydrogen-bond donors (Lipinski definition) is 2. The Morgan fingerprint density at radius 2 is 2.00 bits per heavy atom. The van der Waals surface area contributed by atoms with Crippen LogP contribution in [0.5, 0.6) is 5.88 Å². The van der Waals surface area contributed by atoms with Crippen LogP contribution in [0.2, 0.25) is 0 Å². The molecule has 7 heteroatoms. The van der Waals surface area contributed by atoms with Crippen molar-refractivity contribution in [1.82, 2.24) is 19.9 Å². The van der Waals surface area contributed by atoms with Crippen LogP contribution in [-0.2, 0) is 6.54 Å². The van der Waals surface area contributed by atoms with Gasteiger partial charge in [-0.05, 0) is 49.4 Å². The number of ether oxygens (including phenoxy) is 1. The van der Waals surface area contributed by atoms with E-state index in [1.54, 1.807) is 12.3 Å². The summed E-state index contributed by atoms with van der Waals surface area (Å²) >= 11 is 0. The fourth-order valence-electron chi connectivity index (χ4n) is 3.09. The van der Waals surface area contributed by atoms with E-state index in [-0.39, 0.29) is 0 Å². The van der Waals surface area contributed by atoms with Crippen molar-refractivity contribution in [3.05, 3.63) is 42.4 Å². The zero-order valence-corrected chi connectivity index (χ0v) is 13.9. The molecule has 3 aromatic heterocycles. The summed E-state index contributed by atoms with van der Waals surface area (Å²) in [6.45, 7) is 0.611. The van der Waals surface area contributed by atoms with E-state index >= 15 is 0 Å². The van der Waals surface area contributed by atoms with Crippen molar-refractivity contribution in [3.8, 4) is 5.88 Å².